The molecule has 0 unspecified atom stereocenters. The molecule has 0 spiro atoms. The Morgan fingerprint density at radius 1 is 0.962 bits per heavy atom. The highest BCUT2D eigenvalue weighted by Crippen LogP contribution is 2.49. The van der Waals surface area contributed by atoms with E-state index in [1.807, 2.05) is 4.68 Å². The molecule has 1 heterocycles. The second kappa shape index (κ2) is 5.51. The van der Waals surface area contributed by atoms with Crippen LogP contribution in [0.25, 0.3) is 5.69 Å². The van der Waals surface area contributed by atoms with Crippen LogP contribution < -0.4 is 5.56 Å². The minimum absolute atomic E-state index is 0.0283. The third-order valence-corrected chi connectivity index (χ3v) is 5.73. The van der Waals surface area contributed by atoms with Crippen molar-refractivity contribution in [3.8, 4) is 5.69 Å². The zero-order chi connectivity index (χ0) is 18.1. The molecule has 3 nitrogen and oxygen atoms in total. The van der Waals surface area contributed by atoms with Gasteiger partial charge in [0.15, 0.2) is 0 Å². The van der Waals surface area contributed by atoms with E-state index in [4.69, 9.17) is 0 Å². The van der Waals surface area contributed by atoms with Gasteiger partial charge >= 0.3 is 6.18 Å². The maximum absolute atomic E-state index is 13.6. The van der Waals surface area contributed by atoms with E-state index in [-0.39, 0.29) is 17.2 Å². The summed E-state index contributed by atoms with van der Waals surface area (Å²) >= 11 is 0. The predicted octanol–water partition coefficient (Wildman–Crippen LogP) is 4.82. The Kier molecular flexibility index (Phi) is 3.43. The van der Waals surface area contributed by atoms with Gasteiger partial charge in [-0.25, -0.2) is 4.68 Å². The zero-order valence-corrected chi connectivity index (χ0v) is 14.4. The Morgan fingerprint density at radius 3 is 2.19 bits per heavy atom. The Balaban J connectivity index is 1.77. The fourth-order valence-electron chi connectivity index (χ4n) is 3.99. The van der Waals surface area contributed by atoms with E-state index in [9.17, 15) is 18.0 Å². The first-order valence-corrected chi connectivity index (χ1v) is 9.47. The largest absolute Gasteiger partial charge is 0.418 e. The summed E-state index contributed by atoms with van der Waals surface area (Å²) in [6.07, 6.45) is 1.73. The van der Waals surface area contributed by atoms with E-state index >= 15 is 0 Å². The summed E-state index contributed by atoms with van der Waals surface area (Å²) in [6, 6.07) is 5.47. The van der Waals surface area contributed by atoms with E-state index in [2.05, 4.69) is 0 Å². The summed E-state index contributed by atoms with van der Waals surface area (Å²) in [7, 11) is 0. The lowest BCUT2D eigenvalue weighted by Crippen LogP contribution is -2.26. The number of rotatable bonds is 5. The second-order valence-electron chi connectivity index (χ2n) is 8.00. The van der Waals surface area contributed by atoms with Crippen LogP contribution in [0.5, 0.6) is 0 Å². The average Bonchev–Trinajstić information content (AvgIpc) is 3.43. The Hall–Kier alpha value is -1.98. The molecule has 2 aromatic rings. The molecule has 3 saturated carbocycles. The molecule has 1 aromatic carbocycles. The third-order valence-electron chi connectivity index (χ3n) is 5.73. The van der Waals surface area contributed by atoms with Gasteiger partial charge in [0.2, 0.25) is 0 Å². The molecule has 0 bridgehead atoms. The van der Waals surface area contributed by atoms with Gasteiger partial charge in [-0.3, -0.25) is 9.48 Å². The molecule has 0 N–H and O–H groups in total. The number of aromatic nitrogens is 2. The van der Waals surface area contributed by atoms with Gasteiger partial charge in [-0.2, -0.15) is 13.2 Å². The Bertz CT molecular complexity index is 912. The normalized spacial score (nSPS) is 20.6. The zero-order valence-electron chi connectivity index (χ0n) is 14.4. The lowest BCUT2D eigenvalue weighted by molar-refractivity contribution is -0.137. The number of benzene rings is 1. The van der Waals surface area contributed by atoms with Crippen molar-refractivity contribution in [2.24, 2.45) is 5.92 Å². The fourth-order valence-corrected chi connectivity index (χ4v) is 3.99. The highest BCUT2D eigenvalue weighted by atomic mass is 19.4. The summed E-state index contributed by atoms with van der Waals surface area (Å²) < 4.78 is 44.1. The van der Waals surface area contributed by atoms with Gasteiger partial charge in [0.05, 0.1) is 11.3 Å². The molecule has 3 fully saturated rings. The summed E-state index contributed by atoms with van der Waals surface area (Å²) in [6.45, 7) is 0.653. The molecule has 0 saturated heterocycles. The van der Waals surface area contributed by atoms with E-state index in [1.54, 1.807) is 6.07 Å². The minimum atomic E-state index is -4.48. The van der Waals surface area contributed by atoms with Gasteiger partial charge in [-0.1, -0.05) is 12.1 Å². The molecule has 26 heavy (non-hydrogen) atoms. The minimum Gasteiger partial charge on any atom is -0.281 e. The van der Waals surface area contributed by atoms with E-state index in [1.165, 1.54) is 16.8 Å². The lowest BCUT2D eigenvalue weighted by atomic mass is 10.1. The SMILES string of the molecule is O=c1c(C2CC2)c(C2CC2)n(CC2CC2)n1-c1ccccc1C(F)(F)F. The Labute approximate surface area is 149 Å². The van der Waals surface area contributed by atoms with Crippen LogP contribution >= 0.6 is 0 Å². The van der Waals surface area contributed by atoms with Crippen LogP contribution in [0.3, 0.4) is 0 Å². The first kappa shape index (κ1) is 16.2. The number of hydrogen-bond acceptors (Lipinski definition) is 1. The number of nitrogens with zero attached hydrogens (tertiary/aromatic N) is 2. The van der Waals surface area contributed by atoms with Crippen molar-refractivity contribution in [1.29, 1.82) is 0 Å². The van der Waals surface area contributed by atoms with Gasteiger partial charge in [-0.15, -0.1) is 0 Å². The standard InChI is InChI=1S/C20H21F3N2O/c21-20(22,23)15-3-1-2-4-16(15)25-19(26)17(13-7-8-13)18(14-9-10-14)24(25)11-12-5-6-12/h1-4,12-14H,5-11H2. The number of hydrogen-bond donors (Lipinski definition) is 0. The van der Waals surface area contributed by atoms with Crippen molar-refractivity contribution < 1.29 is 13.2 Å². The molecule has 0 aliphatic heterocycles. The van der Waals surface area contributed by atoms with Crippen LogP contribution in [0.15, 0.2) is 29.1 Å². The van der Waals surface area contributed by atoms with Crippen LogP contribution in [-0.4, -0.2) is 9.36 Å². The molecular formula is C20H21F3N2O. The van der Waals surface area contributed by atoms with E-state index < -0.39 is 11.7 Å². The maximum atomic E-state index is 13.6. The molecule has 0 atom stereocenters. The quantitative estimate of drug-likeness (QED) is 0.749. The first-order valence-electron chi connectivity index (χ1n) is 9.47. The highest BCUT2D eigenvalue weighted by molar-refractivity contribution is 5.45. The third kappa shape index (κ3) is 2.70. The molecule has 3 aliphatic rings. The smallest absolute Gasteiger partial charge is 0.281 e. The predicted molar refractivity (Wildman–Crippen MR) is 91.7 cm³/mol. The first-order chi connectivity index (χ1) is 12.4. The topological polar surface area (TPSA) is 26.9 Å². The van der Waals surface area contributed by atoms with Crippen LogP contribution in [0.4, 0.5) is 13.2 Å². The van der Waals surface area contributed by atoms with Gasteiger partial charge in [0.25, 0.3) is 5.56 Å². The molecule has 1 aromatic heterocycles. The molecule has 138 valence electrons. The van der Waals surface area contributed by atoms with Crippen molar-refractivity contribution in [2.75, 3.05) is 0 Å². The number of alkyl halides is 3. The van der Waals surface area contributed by atoms with Crippen molar-refractivity contribution >= 4 is 0 Å². The van der Waals surface area contributed by atoms with Crippen molar-refractivity contribution in [1.82, 2.24) is 9.36 Å². The summed E-state index contributed by atoms with van der Waals surface area (Å²) in [4.78, 5) is 13.3. The molecule has 6 heteroatoms. The molecule has 0 radical (unpaired) electrons. The van der Waals surface area contributed by atoms with Crippen LogP contribution in [-0.2, 0) is 12.7 Å². The second-order valence-corrected chi connectivity index (χ2v) is 8.00. The number of para-hydroxylation sites is 1. The van der Waals surface area contributed by atoms with Crippen molar-refractivity contribution in [3.63, 3.8) is 0 Å². The van der Waals surface area contributed by atoms with Crippen LogP contribution in [0.1, 0.15) is 67.2 Å². The maximum Gasteiger partial charge on any atom is 0.418 e. The molecule has 5 rings (SSSR count). The van der Waals surface area contributed by atoms with Crippen molar-refractivity contribution in [3.05, 3.63) is 51.4 Å². The van der Waals surface area contributed by atoms with E-state index in [0.29, 0.717) is 18.4 Å². The monoisotopic (exact) mass is 362 g/mol. The lowest BCUT2D eigenvalue weighted by Gasteiger charge is -2.18. The number of halogens is 3. The van der Waals surface area contributed by atoms with Crippen LogP contribution in [0.2, 0.25) is 0 Å². The molecule has 0 amide bonds. The van der Waals surface area contributed by atoms with Gasteiger partial charge in [0, 0.05) is 23.7 Å². The highest BCUT2D eigenvalue weighted by Gasteiger charge is 2.42. The van der Waals surface area contributed by atoms with Crippen molar-refractivity contribution in [2.45, 2.75) is 63.1 Å². The van der Waals surface area contributed by atoms with Crippen LogP contribution in [0, 0.1) is 5.92 Å². The van der Waals surface area contributed by atoms with Gasteiger partial charge in [0.1, 0.15) is 0 Å². The molecular weight excluding hydrogens is 341 g/mol. The van der Waals surface area contributed by atoms with Gasteiger partial charge < -0.3 is 0 Å². The summed E-state index contributed by atoms with van der Waals surface area (Å²) in [5, 5.41) is 0. The Morgan fingerprint density at radius 2 is 1.62 bits per heavy atom. The summed E-state index contributed by atoms with van der Waals surface area (Å²) in [5.41, 5.74) is 0.832. The summed E-state index contributed by atoms with van der Waals surface area (Å²) in [5.74, 6) is 1.06. The fraction of sp³-hybridized carbons (Fsp3) is 0.550. The van der Waals surface area contributed by atoms with Gasteiger partial charge in [-0.05, 0) is 62.5 Å². The average molecular weight is 362 g/mol. The van der Waals surface area contributed by atoms with E-state index in [0.717, 1.165) is 55.8 Å². The molecule has 3 aliphatic carbocycles.